The molecule has 0 amide bonds. The minimum absolute atomic E-state index is 0.0208. The summed E-state index contributed by atoms with van der Waals surface area (Å²) in [6.07, 6.45) is 0. The van der Waals surface area contributed by atoms with Gasteiger partial charge in [-0.3, -0.25) is 10.1 Å². The number of non-ortho nitro benzene ring substituents is 1. The molecule has 0 bridgehead atoms. The number of rotatable bonds is 1. The lowest BCUT2D eigenvalue weighted by atomic mass is 10.3. The van der Waals surface area contributed by atoms with E-state index in [9.17, 15) is 10.1 Å². The van der Waals surface area contributed by atoms with E-state index in [1.165, 1.54) is 12.1 Å². The standard InChI is InChI=1S/C6H4ClNO2.H2N2O2S/c7-5-2-1-3-6(4-5)8(9)10;1-2-5(3)4/h1-4H;1H2. The highest BCUT2D eigenvalue weighted by molar-refractivity contribution is 7.61. The van der Waals surface area contributed by atoms with Gasteiger partial charge in [0.05, 0.1) is 4.92 Å². The van der Waals surface area contributed by atoms with Crippen LogP contribution in [0.4, 0.5) is 5.69 Å². The summed E-state index contributed by atoms with van der Waals surface area (Å²) in [5, 5.41) is 10.5. The molecule has 7 nitrogen and oxygen atoms in total. The average Bonchev–Trinajstić information content (AvgIpc) is 2.18. The number of nitrogens with two attached hydrogens (primary N) is 1. The summed E-state index contributed by atoms with van der Waals surface area (Å²) in [4.78, 5) is 9.62. The number of nitrogens with zero attached hydrogens (tertiary/aromatic N) is 2. The molecule has 0 aromatic heterocycles. The van der Waals surface area contributed by atoms with Gasteiger partial charge in [-0.15, -0.1) is 0 Å². The molecule has 0 aliphatic carbocycles. The van der Waals surface area contributed by atoms with Gasteiger partial charge in [0.15, 0.2) is 0 Å². The second kappa shape index (κ2) is 6.87. The van der Waals surface area contributed by atoms with Gasteiger partial charge in [-0.05, 0) is 6.07 Å². The zero-order valence-corrected chi connectivity index (χ0v) is 8.77. The van der Waals surface area contributed by atoms with Crippen molar-refractivity contribution in [2.45, 2.75) is 0 Å². The molecule has 0 aliphatic heterocycles. The highest BCUT2D eigenvalue weighted by atomic mass is 35.5. The van der Waals surface area contributed by atoms with Gasteiger partial charge in [-0.2, -0.15) is 8.42 Å². The maximum absolute atomic E-state index is 10.1. The van der Waals surface area contributed by atoms with Crippen LogP contribution in [0.1, 0.15) is 0 Å². The Balaban J connectivity index is 0.000000336. The normalized spacial score (nSPS) is 8.40. The molecular formula is C6H6ClN3O4S. The van der Waals surface area contributed by atoms with Crippen LogP contribution in [0.2, 0.25) is 5.02 Å². The summed E-state index contributed by atoms with van der Waals surface area (Å²) in [7, 11) is -2.42. The van der Waals surface area contributed by atoms with Gasteiger partial charge in [0.25, 0.3) is 5.69 Å². The van der Waals surface area contributed by atoms with E-state index in [0.29, 0.717) is 5.02 Å². The fraction of sp³-hybridized carbons (Fsp3) is 0. The molecule has 0 unspecified atom stereocenters. The van der Waals surface area contributed by atoms with Gasteiger partial charge in [-0.1, -0.05) is 22.1 Å². The summed E-state index contributed by atoms with van der Waals surface area (Å²) >= 11 is 5.48. The van der Waals surface area contributed by atoms with Crippen molar-refractivity contribution in [3.63, 3.8) is 0 Å². The van der Waals surface area contributed by atoms with E-state index >= 15 is 0 Å². The molecule has 0 fully saturated rings. The van der Waals surface area contributed by atoms with Gasteiger partial charge in [-0.25, -0.2) is 5.84 Å². The quantitative estimate of drug-likeness (QED) is 0.457. The summed E-state index contributed by atoms with van der Waals surface area (Å²) in [5.74, 6) is 4.18. The Kier molecular flexibility index (Phi) is 6.18. The van der Waals surface area contributed by atoms with Crippen molar-refractivity contribution >= 4 is 27.8 Å². The van der Waals surface area contributed by atoms with Crippen LogP contribution in [-0.2, 0) is 10.5 Å². The van der Waals surface area contributed by atoms with E-state index in [1.54, 1.807) is 12.1 Å². The van der Waals surface area contributed by atoms with Crippen LogP contribution in [0.5, 0.6) is 0 Å². The molecule has 1 rings (SSSR count). The van der Waals surface area contributed by atoms with Crippen molar-refractivity contribution in [3.8, 4) is 0 Å². The van der Waals surface area contributed by atoms with Crippen LogP contribution in [0.15, 0.2) is 28.7 Å². The minimum atomic E-state index is -2.42. The van der Waals surface area contributed by atoms with Crippen LogP contribution in [0.3, 0.4) is 0 Å². The first-order chi connectivity index (χ1) is 6.97. The van der Waals surface area contributed by atoms with Gasteiger partial charge in [0.1, 0.15) is 0 Å². The second-order valence-corrected chi connectivity index (χ2v) is 3.14. The molecule has 0 heterocycles. The largest absolute Gasteiger partial charge is 0.327 e. The first kappa shape index (κ1) is 13.5. The van der Waals surface area contributed by atoms with Crippen molar-refractivity contribution in [1.82, 2.24) is 0 Å². The highest BCUT2D eigenvalue weighted by Crippen LogP contribution is 2.16. The monoisotopic (exact) mass is 251 g/mol. The van der Waals surface area contributed by atoms with Gasteiger partial charge >= 0.3 is 10.5 Å². The van der Waals surface area contributed by atoms with Gasteiger partial charge in [0, 0.05) is 17.2 Å². The maximum Gasteiger partial charge on any atom is 0.327 e. The number of hydrogen-bond acceptors (Lipinski definition) is 5. The van der Waals surface area contributed by atoms with Crippen LogP contribution in [0, 0.1) is 10.1 Å². The third-order valence-electron chi connectivity index (χ3n) is 1.11. The lowest BCUT2D eigenvalue weighted by Crippen LogP contribution is -1.85. The van der Waals surface area contributed by atoms with Crippen LogP contribution in [-0.4, -0.2) is 13.3 Å². The predicted molar refractivity (Wildman–Crippen MR) is 53.6 cm³/mol. The Morgan fingerprint density at radius 3 is 2.27 bits per heavy atom. The summed E-state index contributed by atoms with van der Waals surface area (Å²) in [6.45, 7) is 0. The molecule has 0 aliphatic rings. The average molecular weight is 252 g/mol. The first-order valence-corrected chi connectivity index (χ1v) is 4.78. The SMILES string of the molecule is NN=S(=O)=O.O=[N+]([O-])c1cccc(Cl)c1. The molecule has 0 saturated carbocycles. The molecule has 0 saturated heterocycles. The highest BCUT2D eigenvalue weighted by Gasteiger charge is 2.02. The Morgan fingerprint density at radius 2 is 2.00 bits per heavy atom. The fourth-order valence-corrected chi connectivity index (χ4v) is 0.774. The summed E-state index contributed by atoms with van der Waals surface area (Å²) in [6, 6.07) is 5.84. The zero-order chi connectivity index (χ0) is 11.8. The van der Waals surface area contributed by atoms with Crippen molar-refractivity contribution in [2.75, 3.05) is 0 Å². The molecule has 82 valence electrons. The lowest BCUT2D eigenvalue weighted by Gasteiger charge is -1.89. The van der Waals surface area contributed by atoms with E-state index < -0.39 is 15.4 Å². The Labute approximate surface area is 91.3 Å². The van der Waals surface area contributed by atoms with Crippen molar-refractivity contribution in [3.05, 3.63) is 39.4 Å². The Bertz CT molecular complexity index is 465. The van der Waals surface area contributed by atoms with E-state index in [1.807, 2.05) is 0 Å². The smallest absolute Gasteiger partial charge is 0.258 e. The molecule has 0 atom stereocenters. The Hall–Kier alpha value is -1.51. The Morgan fingerprint density at radius 1 is 1.47 bits per heavy atom. The fourth-order valence-electron chi connectivity index (χ4n) is 0.590. The molecule has 0 radical (unpaired) electrons. The molecule has 0 spiro atoms. The van der Waals surface area contributed by atoms with E-state index in [2.05, 4.69) is 10.3 Å². The minimum Gasteiger partial charge on any atom is -0.258 e. The number of nitro groups is 1. The molecule has 1 aromatic carbocycles. The van der Waals surface area contributed by atoms with Crippen LogP contribution < -0.4 is 5.84 Å². The van der Waals surface area contributed by atoms with Gasteiger partial charge in [0.2, 0.25) is 0 Å². The molecule has 9 heteroatoms. The maximum atomic E-state index is 10.1. The van der Waals surface area contributed by atoms with Gasteiger partial charge < -0.3 is 0 Å². The first-order valence-electron chi connectivity index (χ1n) is 3.37. The number of halogens is 1. The summed E-state index contributed by atoms with van der Waals surface area (Å²) < 4.78 is 20.5. The molecular weight excluding hydrogens is 246 g/mol. The number of hydrogen-bond donors (Lipinski definition) is 1. The van der Waals surface area contributed by atoms with Crippen LogP contribution in [0.25, 0.3) is 0 Å². The molecule has 2 N–H and O–H groups in total. The van der Waals surface area contributed by atoms with Crippen molar-refractivity contribution in [2.24, 2.45) is 10.3 Å². The lowest BCUT2D eigenvalue weighted by molar-refractivity contribution is -0.384. The van der Waals surface area contributed by atoms with Crippen molar-refractivity contribution < 1.29 is 13.3 Å². The third kappa shape index (κ3) is 6.55. The van der Waals surface area contributed by atoms with Crippen molar-refractivity contribution in [1.29, 1.82) is 0 Å². The van der Waals surface area contributed by atoms with E-state index in [-0.39, 0.29) is 5.69 Å². The zero-order valence-electron chi connectivity index (χ0n) is 7.20. The summed E-state index contributed by atoms with van der Waals surface area (Å²) in [5.41, 5.74) is 0.0208. The number of nitro benzene ring substituents is 1. The van der Waals surface area contributed by atoms with E-state index in [0.717, 1.165) is 0 Å². The van der Waals surface area contributed by atoms with Crippen LogP contribution >= 0.6 is 11.6 Å². The topological polar surface area (TPSA) is 116 Å². The van der Waals surface area contributed by atoms with E-state index in [4.69, 9.17) is 20.0 Å². The predicted octanol–water partition coefficient (Wildman–Crippen LogP) is 1.17. The number of benzene rings is 1. The molecule has 1 aromatic rings. The second-order valence-electron chi connectivity index (χ2n) is 2.06. The third-order valence-corrected chi connectivity index (χ3v) is 1.51. The molecule has 15 heavy (non-hydrogen) atoms.